The molecule has 0 spiro atoms. The first-order valence-electron chi connectivity index (χ1n) is 3.29. The van der Waals surface area contributed by atoms with Crippen LogP contribution < -0.4 is 0 Å². The molecular formula is C9H6ClFS. The minimum absolute atomic E-state index is 0.0757. The second-order valence-corrected chi connectivity index (χ2v) is 2.76. The summed E-state index contributed by atoms with van der Waals surface area (Å²) in [6.45, 7) is 0. The standard InChI is InChI=1S/C9H6ClFS/c10-9-7(4-2-6-12)3-1-5-8(9)11/h1,3,5,12H,6H2. The molecule has 12 heavy (non-hydrogen) atoms. The molecular weight excluding hydrogens is 195 g/mol. The predicted octanol–water partition coefficient (Wildman–Crippen LogP) is 2.76. The maximum atomic E-state index is 12.8. The summed E-state index contributed by atoms with van der Waals surface area (Å²) in [5.74, 6) is 5.40. The van der Waals surface area contributed by atoms with Crippen LogP contribution in [0.5, 0.6) is 0 Å². The largest absolute Gasteiger partial charge is 0.205 e. The zero-order chi connectivity index (χ0) is 8.97. The van der Waals surface area contributed by atoms with Gasteiger partial charge in [0.15, 0.2) is 0 Å². The van der Waals surface area contributed by atoms with Gasteiger partial charge in [-0.05, 0) is 12.1 Å². The molecule has 62 valence electrons. The van der Waals surface area contributed by atoms with Crippen molar-refractivity contribution in [2.24, 2.45) is 0 Å². The van der Waals surface area contributed by atoms with Crippen LogP contribution in [0.2, 0.25) is 5.02 Å². The average molecular weight is 201 g/mol. The van der Waals surface area contributed by atoms with Gasteiger partial charge in [-0.2, -0.15) is 12.6 Å². The number of hydrogen-bond acceptors (Lipinski definition) is 1. The summed E-state index contributed by atoms with van der Waals surface area (Å²) in [6, 6.07) is 4.54. The Hall–Kier alpha value is -0.650. The number of halogens is 2. The van der Waals surface area contributed by atoms with Gasteiger partial charge in [0.25, 0.3) is 0 Å². The van der Waals surface area contributed by atoms with Crippen LogP contribution in [0, 0.1) is 17.7 Å². The zero-order valence-electron chi connectivity index (χ0n) is 6.14. The molecule has 0 aliphatic heterocycles. The summed E-state index contributed by atoms with van der Waals surface area (Å²) >= 11 is 9.53. The highest BCUT2D eigenvalue weighted by atomic mass is 35.5. The van der Waals surface area contributed by atoms with E-state index < -0.39 is 5.82 Å². The van der Waals surface area contributed by atoms with E-state index in [0.717, 1.165) is 0 Å². The van der Waals surface area contributed by atoms with Crippen LogP contribution in [-0.4, -0.2) is 5.75 Å². The fourth-order valence-corrected chi connectivity index (χ4v) is 0.987. The van der Waals surface area contributed by atoms with Gasteiger partial charge in [-0.25, -0.2) is 4.39 Å². The summed E-state index contributed by atoms with van der Waals surface area (Å²) in [5.41, 5.74) is 0.505. The Bertz CT molecular complexity index is 338. The molecule has 0 bridgehead atoms. The lowest BCUT2D eigenvalue weighted by Gasteiger charge is -1.95. The Morgan fingerprint density at radius 2 is 2.25 bits per heavy atom. The summed E-state index contributed by atoms with van der Waals surface area (Å²) in [6.07, 6.45) is 0. The first kappa shape index (κ1) is 9.44. The molecule has 0 saturated heterocycles. The molecule has 0 saturated carbocycles. The van der Waals surface area contributed by atoms with Gasteiger partial charge in [-0.15, -0.1) is 0 Å². The molecule has 0 nitrogen and oxygen atoms in total. The number of hydrogen-bond donors (Lipinski definition) is 1. The second-order valence-electron chi connectivity index (χ2n) is 2.06. The minimum Gasteiger partial charge on any atom is -0.205 e. The third kappa shape index (κ3) is 2.17. The van der Waals surface area contributed by atoms with E-state index in [4.69, 9.17) is 11.6 Å². The Labute approximate surface area is 81.1 Å². The van der Waals surface area contributed by atoms with Crippen LogP contribution in [0.25, 0.3) is 0 Å². The van der Waals surface area contributed by atoms with Crippen LogP contribution in [0.1, 0.15) is 5.56 Å². The van der Waals surface area contributed by atoms with Crippen molar-refractivity contribution in [2.75, 3.05) is 5.75 Å². The molecule has 3 heteroatoms. The summed E-state index contributed by atoms with van der Waals surface area (Å²) in [4.78, 5) is 0. The lowest BCUT2D eigenvalue weighted by Crippen LogP contribution is -1.81. The SMILES string of the molecule is Fc1cccc(C#CCS)c1Cl. The molecule has 1 aromatic rings. The molecule has 0 heterocycles. The van der Waals surface area contributed by atoms with Gasteiger partial charge in [-0.1, -0.05) is 29.5 Å². The van der Waals surface area contributed by atoms with Crippen molar-refractivity contribution in [3.05, 3.63) is 34.6 Å². The fourth-order valence-electron chi connectivity index (χ4n) is 0.735. The van der Waals surface area contributed by atoms with Crippen LogP contribution in [0.3, 0.4) is 0 Å². The second kappa shape index (κ2) is 4.39. The Morgan fingerprint density at radius 3 is 2.92 bits per heavy atom. The lowest BCUT2D eigenvalue weighted by molar-refractivity contribution is 0.628. The van der Waals surface area contributed by atoms with Crippen LogP contribution >= 0.6 is 24.2 Å². The third-order valence-electron chi connectivity index (χ3n) is 1.25. The summed E-state index contributed by atoms with van der Waals surface area (Å²) in [5, 5.41) is 0.0757. The molecule has 0 fully saturated rings. The lowest BCUT2D eigenvalue weighted by atomic mass is 10.2. The summed E-state index contributed by atoms with van der Waals surface area (Å²) < 4.78 is 12.8. The van der Waals surface area contributed by atoms with Crippen molar-refractivity contribution >= 4 is 24.2 Å². The van der Waals surface area contributed by atoms with Crippen molar-refractivity contribution < 1.29 is 4.39 Å². The first-order valence-corrected chi connectivity index (χ1v) is 4.30. The van der Waals surface area contributed by atoms with Crippen molar-refractivity contribution in [1.29, 1.82) is 0 Å². The average Bonchev–Trinajstić information content (AvgIpc) is 2.08. The maximum Gasteiger partial charge on any atom is 0.143 e. The molecule has 0 unspecified atom stereocenters. The van der Waals surface area contributed by atoms with Crippen molar-refractivity contribution in [2.45, 2.75) is 0 Å². The molecule has 0 aromatic heterocycles. The van der Waals surface area contributed by atoms with Gasteiger partial charge in [0.2, 0.25) is 0 Å². The van der Waals surface area contributed by atoms with E-state index in [2.05, 4.69) is 24.5 Å². The highest BCUT2D eigenvalue weighted by Gasteiger charge is 2.01. The van der Waals surface area contributed by atoms with Crippen molar-refractivity contribution in [1.82, 2.24) is 0 Å². The Balaban J connectivity index is 3.08. The number of rotatable bonds is 0. The zero-order valence-corrected chi connectivity index (χ0v) is 7.79. The highest BCUT2D eigenvalue weighted by Crippen LogP contribution is 2.18. The van der Waals surface area contributed by atoms with E-state index in [1.54, 1.807) is 12.1 Å². The monoisotopic (exact) mass is 200 g/mol. The van der Waals surface area contributed by atoms with E-state index in [0.29, 0.717) is 11.3 Å². The number of thiol groups is 1. The maximum absolute atomic E-state index is 12.8. The number of benzene rings is 1. The van der Waals surface area contributed by atoms with Gasteiger partial charge < -0.3 is 0 Å². The van der Waals surface area contributed by atoms with E-state index in [1.807, 2.05) is 0 Å². The summed E-state index contributed by atoms with van der Waals surface area (Å²) in [7, 11) is 0. The van der Waals surface area contributed by atoms with Crippen molar-refractivity contribution in [3.8, 4) is 11.8 Å². The topological polar surface area (TPSA) is 0 Å². The highest BCUT2D eigenvalue weighted by molar-refractivity contribution is 7.80. The molecule has 1 aromatic carbocycles. The van der Waals surface area contributed by atoms with E-state index in [-0.39, 0.29) is 5.02 Å². The van der Waals surface area contributed by atoms with Gasteiger partial charge >= 0.3 is 0 Å². The Kier molecular flexibility index (Phi) is 3.46. The van der Waals surface area contributed by atoms with E-state index >= 15 is 0 Å². The van der Waals surface area contributed by atoms with Gasteiger partial charge in [0.05, 0.1) is 10.8 Å². The quantitative estimate of drug-likeness (QED) is 0.483. The molecule has 0 amide bonds. The minimum atomic E-state index is -0.442. The molecule has 0 N–H and O–H groups in total. The molecule has 0 radical (unpaired) electrons. The molecule has 0 atom stereocenters. The third-order valence-corrected chi connectivity index (χ3v) is 1.80. The fraction of sp³-hybridized carbons (Fsp3) is 0.111. The van der Waals surface area contributed by atoms with Gasteiger partial charge in [0, 0.05) is 5.56 Å². The van der Waals surface area contributed by atoms with Gasteiger partial charge in [-0.3, -0.25) is 0 Å². The molecule has 0 aliphatic rings. The van der Waals surface area contributed by atoms with Crippen LogP contribution in [0.15, 0.2) is 18.2 Å². The van der Waals surface area contributed by atoms with E-state index in [9.17, 15) is 4.39 Å². The normalized spacial score (nSPS) is 8.92. The van der Waals surface area contributed by atoms with Crippen LogP contribution in [-0.2, 0) is 0 Å². The molecule has 1 rings (SSSR count). The van der Waals surface area contributed by atoms with Crippen molar-refractivity contribution in [3.63, 3.8) is 0 Å². The van der Waals surface area contributed by atoms with Crippen LogP contribution in [0.4, 0.5) is 4.39 Å². The Morgan fingerprint density at radius 1 is 1.50 bits per heavy atom. The van der Waals surface area contributed by atoms with E-state index in [1.165, 1.54) is 6.07 Å². The first-order chi connectivity index (χ1) is 5.75. The molecule has 0 aliphatic carbocycles. The smallest absolute Gasteiger partial charge is 0.143 e. The predicted molar refractivity (Wildman–Crippen MR) is 52.1 cm³/mol. The van der Waals surface area contributed by atoms with Gasteiger partial charge in [0.1, 0.15) is 5.82 Å².